The highest BCUT2D eigenvalue weighted by atomic mass is 16.5. The Labute approximate surface area is 137 Å². The van der Waals surface area contributed by atoms with E-state index in [1.165, 1.54) is 0 Å². The summed E-state index contributed by atoms with van der Waals surface area (Å²) in [5.74, 6) is 0.920. The van der Waals surface area contributed by atoms with E-state index in [0.29, 0.717) is 0 Å². The first kappa shape index (κ1) is 16.1. The van der Waals surface area contributed by atoms with Crippen LogP contribution < -0.4 is 0 Å². The second-order valence-electron chi connectivity index (χ2n) is 6.40. The summed E-state index contributed by atoms with van der Waals surface area (Å²) >= 11 is 0. The van der Waals surface area contributed by atoms with Gasteiger partial charge in [-0.15, -0.1) is 0 Å². The summed E-state index contributed by atoms with van der Waals surface area (Å²) in [6.45, 7) is 6.23. The molecule has 0 aliphatic carbocycles. The van der Waals surface area contributed by atoms with Crippen molar-refractivity contribution in [1.29, 1.82) is 0 Å². The van der Waals surface area contributed by atoms with Gasteiger partial charge in [0.2, 0.25) is 0 Å². The van der Waals surface area contributed by atoms with Gasteiger partial charge in [-0.25, -0.2) is 4.98 Å². The topological polar surface area (TPSA) is 57.3 Å². The number of rotatable bonds is 5. The van der Waals surface area contributed by atoms with Crippen molar-refractivity contribution in [1.82, 2.24) is 24.8 Å². The van der Waals surface area contributed by atoms with E-state index in [1.54, 1.807) is 0 Å². The van der Waals surface area contributed by atoms with Gasteiger partial charge in [0.15, 0.2) is 0 Å². The van der Waals surface area contributed by atoms with Crippen molar-refractivity contribution in [2.75, 3.05) is 33.8 Å². The molecule has 2 aromatic heterocycles. The molecule has 2 aromatic rings. The standard InChI is InChI=1S/C17H25N5O/c1-13-5-4-6-14(19-13)11-22-7-8-23-16(12-22)17-18-9-15(20-17)10-21(2)3/h4-6,9,16H,7-8,10-12H2,1-3H3,(H,18,20). The van der Waals surface area contributed by atoms with Crippen LogP contribution in [0.5, 0.6) is 0 Å². The summed E-state index contributed by atoms with van der Waals surface area (Å²) in [5, 5.41) is 0. The third kappa shape index (κ3) is 4.37. The summed E-state index contributed by atoms with van der Waals surface area (Å²) in [6.07, 6.45) is 1.91. The minimum atomic E-state index is 0.00414. The molecular weight excluding hydrogens is 290 g/mol. The maximum Gasteiger partial charge on any atom is 0.136 e. The smallest absolute Gasteiger partial charge is 0.136 e. The third-order valence-electron chi connectivity index (χ3n) is 3.92. The molecule has 124 valence electrons. The molecule has 1 aliphatic rings. The van der Waals surface area contributed by atoms with Crippen molar-refractivity contribution in [3.63, 3.8) is 0 Å². The number of pyridine rings is 1. The van der Waals surface area contributed by atoms with E-state index in [0.717, 1.165) is 55.7 Å². The quantitative estimate of drug-likeness (QED) is 0.911. The molecule has 1 saturated heterocycles. The largest absolute Gasteiger partial charge is 0.368 e. The molecule has 3 rings (SSSR count). The number of H-pyrrole nitrogens is 1. The van der Waals surface area contributed by atoms with Crippen LogP contribution in [0.25, 0.3) is 0 Å². The van der Waals surface area contributed by atoms with Crippen molar-refractivity contribution < 1.29 is 4.74 Å². The number of aromatic amines is 1. The van der Waals surface area contributed by atoms with Crippen LogP contribution in [0.4, 0.5) is 0 Å². The van der Waals surface area contributed by atoms with Crippen LogP contribution >= 0.6 is 0 Å². The lowest BCUT2D eigenvalue weighted by Gasteiger charge is -2.31. The minimum Gasteiger partial charge on any atom is -0.368 e. The van der Waals surface area contributed by atoms with Gasteiger partial charge in [-0.05, 0) is 33.2 Å². The molecule has 1 fully saturated rings. The molecule has 0 radical (unpaired) electrons. The fraction of sp³-hybridized carbons (Fsp3) is 0.529. The number of imidazole rings is 1. The zero-order chi connectivity index (χ0) is 16.2. The van der Waals surface area contributed by atoms with E-state index < -0.39 is 0 Å². The Kier molecular flexibility index (Phi) is 5.05. The van der Waals surface area contributed by atoms with Gasteiger partial charge in [0.1, 0.15) is 11.9 Å². The van der Waals surface area contributed by atoms with E-state index >= 15 is 0 Å². The molecule has 0 aromatic carbocycles. The lowest BCUT2D eigenvalue weighted by Crippen LogP contribution is -2.38. The first-order valence-corrected chi connectivity index (χ1v) is 8.05. The van der Waals surface area contributed by atoms with Crippen LogP contribution in [0.2, 0.25) is 0 Å². The molecule has 0 bridgehead atoms. The highest BCUT2D eigenvalue weighted by Crippen LogP contribution is 2.21. The molecule has 6 nitrogen and oxygen atoms in total. The van der Waals surface area contributed by atoms with E-state index in [4.69, 9.17) is 4.74 Å². The number of hydrogen-bond acceptors (Lipinski definition) is 5. The highest BCUT2D eigenvalue weighted by Gasteiger charge is 2.24. The number of ether oxygens (including phenoxy) is 1. The molecule has 1 aliphatic heterocycles. The van der Waals surface area contributed by atoms with Crippen molar-refractivity contribution in [3.8, 4) is 0 Å². The summed E-state index contributed by atoms with van der Waals surface area (Å²) in [5.41, 5.74) is 3.29. The summed E-state index contributed by atoms with van der Waals surface area (Å²) in [7, 11) is 4.10. The normalized spacial score (nSPS) is 19.4. The number of nitrogens with one attached hydrogen (secondary N) is 1. The van der Waals surface area contributed by atoms with Crippen molar-refractivity contribution in [3.05, 3.63) is 47.3 Å². The average Bonchev–Trinajstić information content (AvgIpc) is 2.95. The van der Waals surface area contributed by atoms with Gasteiger partial charge in [0.25, 0.3) is 0 Å². The monoisotopic (exact) mass is 315 g/mol. The molecule has 0 spiro atoms. The first-order valence-electron chi connectivity index (χ1n) is 8.05. The summed E-state index contributed by atoms with van der Waals surface area (Å²) < 4.78 is 5.90. The molecule has 23 heavy (non-hydrogen) atoms. The molecule has 1 atom stereocenters. The molecule has 0 saturated carbocycles. The number of morpholine rings is 1. The van der Waals surface area contributed by atoms with E-state index in [9.17, 15) is 0 Å². The average molecular weight is 315 g/mol. The zero-order valence-corrected chi connectivity index (χ0v) is 14.1. The van der Waals surface area contributed by atoms with Crippen molar-refractivity contribution in [2.45, 2.75) is 26.1 Å². The number of aryl methyl sites for hydroxylation is 1. The molecule has 6 heteroatoms. The number of aromatic nitrogens is 3. The van der Waals surface area contributed by atoms with E-state index in [-0.39, 0.29) is 6.10 Å². The Morgan fingerprint density at radius 1 is 1.39 bits per heavy atom. The van der Waals surface area contributed by atoms with Crippen LogP contribution in [0, 0.1) is 6.92 Å². The molecule has 1 unspecified atom stereocenters. The van der Waals surface area contributed by atoms with Crippen LogP contribution in [0.15, 0.2) is 24.4 Å². The number of hydrogen-bond donors (Lipinski definition) is 1. The fourth-order valence-electron chi connectivity index (χ4n) is 2.89. The third-order valence-corrected chi connectivity index (χ3v) is 3.92. The van der Waals surface area contributed by atoms with Crippen LogP contribution in [-0.4, -0.2) is 58.5 Å². The zero-order valence-electron chi connectivity index (χ0n) is 14.1. The van der Waals surface area contributed by atoms with E-state index in [1.807, 2.05) is 33.3 Å². The second kappa shape index (κ2) is 7.21. The summed E-state index contributed by atoms with van der Waals surface area (Å²) in [4.78, 5) is 17.0. The summed E-state index contributed by atoms with van der Waals surface area (Å²) in [6, 6.07) is 6.18. The Morgan fingerprint density at radius 2 is 2.26 bits per heavy atom. The lowest BCUT2D eigenvalue weighted by molar-refractivity contribution is -0.0372. The lowest BCUT2D eigenvalue weighted by atomic mass is 10.2. The van der Waals surface area contributed by atoms with Crippen LogP contribution in [0.1, 0.15) is 29.0 Å². The predicted molar refractivity (Wildman–Crippen MR) is 88.9 cm³/mol. The Balaban J connectivity index is 1.62. The second-order valence-corrected chi connectivity index (χ2v) is 6.40. The van der Waals surface area contributed by atoms with Gasteiger partial charge in [0.05, 0.1) is 12.3 Å². The molecule has 3 heterocycles. The van der Waals surface area contributed by atoms with Gasteiger partial charge in [-0.1, -0.05) is 6.07 Å². The van der Waals surface area contributed by atoms with Gasteiger partial charge in [-0.2, -0.15) is 0 Å². The van der Waals surface area contributed by atoms with Gasteiger partial charge >= 0.3 is 0 Å². The van der Waals surface area contributed by atoms with Crippen molar-refractivity contribution in [2.24, 2.45) is 0 Å². The Hall–Kier alpha value is -1.76. The minimum absolute atomic E-state index is 0.00414. The van der Waals surface area contributed by atoms with Crippen molar-refractivity contribution >= 4 is 0 Å². The molecule has 0 amide bonds. The highest BCUT2D eigenvalue weighted by molar-refractivity contribution is 5.10. The maximum atomic E-state index is 5.90. The van der Waals surface area contributed by atoms with Gasteiger partial charge < -0.3 is 14.6 Å². The van der Waals surface area contributed by atoms with Crippen LogP contribution in [-0.2, 0) is 17.8 Å². The molecular formula is C17H25N5O. The Bertz CT molecular complexity index is 639. The van der Waals surface area contributed by atoms with E-state index in [2.05, 4.69) is 36.9 Å². The SMILES string of the molecule is Cc1cccc(CN2CCOC(c3ncc(CN(C)C)[nH]3)C2)n1. The first-order chi connectivity index (χ1) is 11.1. The predicted octanol–water partition coefficient (Wildman–Crippen LogP) is 1.75. The molecule has 1 N–H and O–H groups in total. The maximum absolute atomic E-state index is 5.90. The Morgan fingerprint density at radius 3 is 3.04 bits per heavy atom. The number of nitrogens with zero attached hydrogens (tertiary/aromatic N) is 4. The fourth-order valence-corrected chi connectivity index (χ4v) is 2.89. The van der Waals surface area contributed by atoms with Gasteiger partial charge in [0, 0.05) is 43.8 Å². The van der Waals surface area contributed by atoms with Crippen LogP contribution in [0.3, 0.4) is 0 Å². The van der Waals surface area contributed by atoms with Gasteiger partial charge in [-0.3, -0.25) is 9.88 Å².